The Labute approximate surface area is 152 Å². The Hall–Kier alpha value is -2.41. The van der Waals surface area contributed by atoms with Crippen LogP contribution in [-0.2, 0) is 11.3 Å². The highest BCUT2D eigenvalue weighted by Crippen LogP contribution is 2.41. The SMILES string of the molecule is C=C/C=C(\C)c1nc(N2CCC(OCc3cnoc3C3CC3)CC2)no1. The lowest BCUT2D eigenvalue weighted by molar-refractivity contribution is 0.0242. The number of anilines is 1. The Balaban J connectivity index is 1.28. The van der Waals surface area contributed by atoms with E-state index in [1.807, 2.05) is 13.0 Å². The Morgan fingerprint density at radius 3 is 2.85 bits per heavy atom. The van der Waals surface area contributed by atoms with E-state index in [4.69, 9.17) is 13.8 Å². The molecule has 26 heavy (non-hydrogen) atoms. The molecule has 0 unspecified atom stereocenters. The first-order valence-corrected chi connectivity index (χ1v) is 9.18. The molecule has 2 fully saturated rings. The second-order valence-corrected chi connectivity index (χ2v) is 6.97. The van der Waals surface area contributed by atoms with Crippen molar-refractivity contribution in [2.75, 3.05) is 18.0 Å². The van der Waals surface area contributed by atoms with Crippen LogP contribution in [0.3, 0.4) is 0 Å². The van der Waals surface area contributed by atoms with Gasteiger partial charge < -0.3 is 18.7 Å². The van der Waals surface area contributed by atoms with E-state index in [2.05, 4.69) is 26.8 Å². The summed E-state index contributed by atoms with van der Waals surface area (Å²) in [7, 11) is 0. The third kappa shape index (κ3) is 3.72. The maximum atomic E-state index is 6.09. The van der Waals surface area contributed by atoms with Crippen molar-refractivity contribution in [2.45, 2.75) is 51.2 Å². The number of nitrogens with zero attached hydrogens (tertiary/aromatic N) is 4. The summed E-state index contributed by atoms with van der Waals surface area (Å²) in [6, 6.07) is 0. The van der Waals surface area contributed by atoms with Crippen LogP contribution in [0.1, 0.15) is 55.7 Å². The quantitative estimate of drug-likeness (QED) is 0.700. The molecule has 0 aromatic carbocycles. The molecule has 3 heterocycles. The van der Waals surface area contributed by atoms with Crippen LogP contribution >= 0.6 is 0 Å². The third-order valence-corrected chi connectivity index (χ3v) is 4.94. The fraction of sp³-hybridized carbons (Fsp3) is 0.526. The van der Waals surface area contributed by atoms with Crippen molar-refractivity contribution in [3.05, 3.63) is 42.1 Å². The number of allylic oxidation sites excluding steroid dienone is 3. The van der Waals surface area contributed by atoms with Crippen LogP contribution in [0.4, 0.5) is 5.95 Å². The van der Waals surface area contributed by atoms with Crippen LogP contribution in [0.25, 0.3) is 5.57 Å². The molecular weight excluding hydrogens is 332 g/mol. The molecule has 4 rings (SSSR count). The molecule has 1 aliphatic carbocycles. The molecular formula is C19H24N4O3. The Morgan fingerprint density at radius 1 is 1.31 bits per heavy atom. The average Bonchev–Trinajstić information content (AvgIpc) is 3.20. The summed E-state index contributed by atoms with van der Waals surface area (Å²) < 4.78 is 16.8. The molecule has 1 aliphatic heterocycles. The second-order valence-electron chi connectivity index (χ2n) is 6.97. The lowest BCUT2D eigenvalue weighted by Gasteiger charge is -2.30. The Morgan fingerprint density at radius 2 is 2.12 bits per heavy atom. The van der Waals surface area contributed by atoms with Crippen LogP contribution in [-0.4, -0.2) is 34.5 Å². The molecule has 0 spiro atoms. The maximum absolute atomic E-state index is 6.09. The predicted molar refractivity (Wildman–Crippen MR) is 96.6 cm³/mol. The van der Waals surface area contributed by atoms with E-state index < -0.39 is 0 Å². The van der Waals surface area contributed by atoms with Crippen molar-refractivity contribution in [1.29, 1.82) is 0 Å². The highest BCUT2D eigenvalue weighted by atomic mass is 16.5. The molecule has 2 aromatic rings. The molecule has 0 radical (unpaired) electrons. The van der Waals surface area contributed by atoms with Gasteiger partial charge in [-0.2, -0.15) is 4.98 Å². The zero-order chi connectivity index (χ0) is 17.9. The fourth-order valence-corrected chi connectivity index (χ4v) is 3.24. The van der Waals surface area contributed by atoms with Crippen molar-refractivity contribution in [1.82, 2.24) is 15.3 Å². The molecule has 7 heteroatoms. The summed E-state index contributed by atoms with van der Waals surface area (Å²) in [6.07, 6.45) is 9.89. The van der Waals surface area contributed by atoms with Gasteiger partial charge in [-0.1, -0.05) is 23.9 Å². The molecule has 138 valence electrons. The van der Waals surface area contributed by atoms with Crippen molar-refractivity contribution >= 4 is 11.5 Å². The summed E-state index contributed by atoms with van der Waals surface area (Å²) in [4.78, 5) is 6.61. The summed E-state index contributed by atoms with van der Waals surface area (Å²) in [6.45, 7) is 7.90. The lowest BCUT2D eigenvalue weighted by atomic mass is 10.1. The van der Waals surface area contributed by atoms with Crippen molar-refractivity contribution in [3.63, 3.8) is 0 Å². The van der Waals surface area contributed by atoms with Crippen LogP contribution in [0, 0.1) is 0 Å². The van der Waals surface area contributed by atoms with Gasteiger partial charge in [0.2, 0.25) is 0 Å². The topological polar surface area (TPSA) is 77.4 Å². The summed E-state index contributed by atoms with van der Waals surface area (Å²) in [5.74, 6) is 2.76. The van der Waals surface area contributed by atoms with Gasteiger partial charge in [-0.3, -0.25) is 0 Å². The molecule has 2 aromatic heterocycles. The van der Waals surface area contributed by atoms with Gasteiger partial charge in [0, 0.05) is 30.1 Å². The van der Waals surface area contributed by atoms with Gasteiger partial charge in [0.05, 0.1) is 18.9 Å². The van der Waals surface area contributed by atoms with Crippen LogP contribution in [0.5, 0.6) is 0 Å². The number of rotatable bonds is 7. The number of hydrogen-bond donors (Lipinski definition) is 0. The maximum Gasteiger partial charge on any atom is 0.266 e. The zero-order valence-electron chi connectivity index (χ0n) is 15.1. The summed E-state index contributed by atoms with van der Waals surface area (Å²) in [5, 5.41) is 8.02. The van der Waals surface area contributed by atoms with E-state index in [-0.39, 0.29) is 6.10 Å². The fourth-order valence-electron chi connectivity index (χ4n) is 3.24. The van der Waals surface area contributed by atoms with E-state index in [1.54, 1.807) is 12.3 Å². The third-order valence-electron chi connectivity index (χ3n) is 4.94. The summed E-state index contributed by atoms with van der Waals surface area (Å²) >= 11 is 0. The normalized spacial score (nSPS) is 19.1. The van der Waals surface area contributed by atoms with Crippen molar-refractivity contribution in [3.8, 4) is 0 Å². The first-order valence-electron chi connectivity index (χ1n) is 9.18. The Kier molecular flexibility index (Phi) is 4.88. The average molecular weight is 356 g/mol. The van der Waals surface area contributed by atoms with Gasteiger partial charge in [-0.15, -0.1) is 0 Å². The number of ether oxygens (including phenoxy) is 1. The van der Waals surface area contributed by atoms with E-state index in [9.17, 15) is 0 Å². The van der Waals surface area contributed by atoms with E-state index in [0.717, 1.165) is 42.8 Å². The number of aromatic nitrogens is 3. The monoisotopic (exact) mass is 356 g/mol. The highest BCUT2D eigenvalue weighted by molar-refractivity contribution is 5.58. The van der Waals surface area contributed by atoms with Gasteiger partial charge in [0.1, 0.15) is 5.76 Å². The Bertz CT molecular complexity index is 782. The van der Waals surface area contributed by atoms with Gasteiger partial charge in [0.15, 0.2) is 0 Å². The zero-order valence-corrected chi connectivity index (χ0v) is 15.1. The van der Waals surface area contributed by atoms with E-state index in [0.29, 0.717) is 24.4 Å². The van der Waals surface area contributed by atoms with Crippen molar-refractivity contribution in [2.24, 2.45) is 0 Å². The standard InChI is InChI=1S/C19H24N4O3/c1-3-4-13(2)18-21-19(22-26-18)23-9-7-16(8-10-23)24-12-15-11-20-25-17(15)14-5-6-14/h3-4,11,14,16H,1,5-10,12H2,2H3/b13-4+. The van der Waals surface area contributed by atoms with Crippen molar-refractivity contribution < 1.29 is 13.8 Å². The minimum Gasteiger partial charge on any atom is -0.373 e. The first-order chi connectivity index (χ1) is 12.7. The highest BCUT2D eigenvalue weighted by Gasteiger charge is 2.31. The minimum absolute atomic E-state index is 0.238. The number of hydrogen-bond acceptors (Lipinski definition) is 7. The first kappa shape index (κ1) is 17.0. The largest absolute Gasteiger partial charge is 0.373 e. The van der Waals surface area contributed by atoms with Crippen LogP contribution in [0.15, 0.2) is 34.0 Å². The van der Waals surface area contributed by atoms with Gasteiger partial charge in [-0.05, 0) is 37.8 Å². The van der Waals surface area contributed by atoms with E-state index >= 15 is 0 Å². The van der Waals surface area contributed by atoms with E-state index in [1.165, 1.54) is 12.8 Å². The molecule has 7 nitrogen and oxygen atoms in total. The van der Waals surface area contributed by atoms with Crippen LogP contribution < -0.4 is 4.90 Å². The molecule has 0 atom stereocenters. The molecule has 2 aliphatic rings. The minimum atomic E-state index is 0.238. The molecule has 0 N–H and O–H groups in total. The molecule has 1 saturated heterocycles. The van der Waals surface area contributed by atoms with Gasteiger partial charge in [0.25, 0.3) is 11.8 Å². The summed E-state index contributed by atoms with van der Waals surface area (Å²) in [5.41, 5.74) is 2.01. The molecule has 0 amide bonds. The van der Waals surface area contributed by atoms with Crippen LogP contribution in [0.2, 0.25) is 0 Å². The molecule has 0 bridgehead atoms. The lowest BCUT2D eigenvalue weighted by Crippen LogP contribution is -2.37. The van der Waals surface area contributed by atoms with Gasteiger partial charge in [-0.25, -0.2) is 0 Å². The molecule has 1 saturated carbocycles. The predicted octanol–water partition coefficient (Wildman–Crippen LogP) is 3.71. The smallest absolute Gasteiger partial charge is 0.266 e. The number of piperidine rings is 1. The second kappa shape index (κ2) is 7.45. The van der Waals surface area contributed by atoms with Gasteiger partial charge >= 0.3 is 0 Å².